The molecule has 0 saturated carbocycles. The maximum Gasteiger partial charge on any atom is 0.272 e. The molecule has 3 rings (SSSR count). The molecule has 120 valence electrons. The highest BCUT2D eigenvalue weighted by atomic mass is 16.2. The number of para-hydroxylation sites is 1. The highest BCUT2D eigenvalue weighted by Crippen LogP contribution is 2.22. The molecule has 2 heterocycles. The Balaban J connectivity index is 1.85. The average molecular weight is 310 g/mol. The van der Waals surface area contributed by atoms with Crippen molar-refractivity contribution in [2.24, 2.45) is 0 Å². The Kier molecular flexibility index (Phi) is 3.94. The highest BCUT2D eigenvalue weighted by molar-refractivity contribution is 5.92. The summed E-state index contributed by atoms with van der Waals surface area (Å²) < 4.78 is 1.76. The number of hydrogen-bond donors (Lipinski definition) is 1. The quantitative estimate of drug-likeness (QED) is 0.801. The Hall–Kier alpha value is -2.56. The smallest absolute Gasteiger partial charge is 0.272 e. The van der Waals surface area contributed by atoms with Crippen LogP contribution in [0.1, 0.15) is 41.6 Å². The molecule has 0 saturated heterocycles. The van der Waals surface area contributed by atoms with E-state index in [1.165, 1.54) is 10.9 Å². The van der Waals surface area contributed by atoms with Crippen LogP contribution in [0.3, 0.4) is 0 Å². The third kappa shape index (κ3) is 2.74. The number of nitrogens with one attached hydrogen (secondary N) is 1. The fraction of sp³-hybridized carbons (Fsp3) is 0.333. The van der Waals surface area contributed by atoms with Gasteiger partial charge in [-0.2, -0.15) is 5.10 Å². The van der Waals surface area contributed by atoms with E-state index in [-0.39, 0.29) is 11.9 Å². The molecule has 0 radical (unpaired) electrons. The van der Waals surface area contributed by atoms with E-state index < -0.39 is 0 Å². The van der Waals surface area contributed by atoms with Crippen molar-refractivity contribution in [3.8, 4) is 0 Å². The van der Waals surface area contributed by atoms with Crippen LogP contribution >= 0.6 is 0 Å². The zero-order valence-electron chi connectivity index (χ0n) is 14.0. The highest BCUT2D eigenvalue weighted by Gasteiger charge is 2.19. The summed E-state index contributed by atoms with van der Waals surface area (Å²) in [4.78, 5) is 17.9. The topological polar surface area (TPSA) is 53.9 Å². The number of rotatable bonds is 4. The van der Waals surface area contributed by atoms with Crippen LogP contribution in [-0.2, 0) is 6.54 Å². The summed E-state index contributed by atoms with van der Waals surface area (Å²) in [6, 6.07) is 10.1. The predicted octanol–water partition coefficient (Wildman–Crippen LogP) is 3.53. The molecule has 1 amide bonds. The van der Waals surface area contributed by atoms with Crippen LogP contribution in [0.25, 0.3) is 10.9 Å². The maximum atomic E-state index is 12.7. The van der Waals surface area contributed by atoms with Gasteiger partial charge in [0.15, 0.2) is 0 Å². The molecule has 0 aliphatic rings. The van der Waals surface area contributed by atoms with E-state index in [9.17, 15) is 4.79 Å². The van der Waals surface area contributed by atoms with Gasteiger partial charge in [0.05, 0.1) is 6.54 Å². The van der Waals surface area contributed by atoms with Crippen LogP contribution in [0.2, 0.25) is 0 Å². The lowest BCUT2D eigenvalue weighted by atomic mass is 10.1. The summed E-state index contributed by atoms with van der Waals surface area (Å²) >= 11 is 0. The molecule has 0 fully saturated rings. The van der Waals surface area contributed by atoms with Crippen molar-refractivity contribution in [2.75, 3.05) is 7.05 Å². The van der Waals surface area contributed by atoms with E-state index in [1.54, 1.807) is 21.8 Å². The average Bonchev–Trinajstić information content (AvgIpc) is 3.13. The van der Waals surface area contributed by atoms with Crippen molar-refractivity contribution in [3.05, 3.63) is 53.5 Å². The number of aromatic amines is 1. The lowest BCUT2D eigenvalue weighted by Gasteiger charge is -2.19. The first kappa shape index (κ1) is 15.3. The molecule has 0 aliphatic carbocycles. The molecular formula is C18H22N4O. The number of aromatic nitrogens is 3. The van der Waals surface area contributed by atoms with Crippen molar-refractivity contribution in [2.45, 2.75) is 33.4 Å². The second-order valence-electron chi connectivity index (χ2n) is 6.19. The van der Waals surface area contributed by atoms with Crippen LogP contribution in [0, 0.1) is 6.92 Å². The van der Waals surface area contributed by atoms with Gasteiger partial charge in [0.25, 0.3) is 5.91 Å². The van der Waals surface area contributed by atoms with Crippen molar-refractivity contribution in [1.82, 2.24) is 19.7 Å². The van der Waals surface area contributed by atoms with E-state index in [0.717, 1.165) is 11.2 Å². The van der Waals surface area contributed by atoms with Crippen molar-refractivity contribution in [1.29, 1.82) is 0 Å². The van der Waals surface area contributed by atoms with Crippen LogP contribution in [0.5, 0.6) is 0 Å². The second-order valence-corrected chi connectivity index (χ2v) is 6.19. The van der Waals surface area contributed by atoms with Gasteiger partial charge in [-0.25, -0.2) is 0 Å². The van der Waals surface area contributed by atoms with Gasteiger partial charge in [-0.3, -0.25) is 9.48 Å². The molecule has 23 heavy (non-hydrogen) atoms. The molecule has 5 heteroatoms. The minimum atomic E-state index is -0.0192. The first-order valence-electron chi connectivity index (χ1n) is 7.84. The number of carbonyl (C=O) groups excluding carboxylic acids is 1. The Bertz CT molecular complexity index is 844. The summed E-state index contributed by atoms with van der Waals surface area (Å²) in [7, 11) is 1.82. The Labute approximate surface area is 135 Å². The summed E-state index contributed by atoms with van der Waals surface area (Å²) in [5.74, 6) is -0.0192. The van der Waals surface area contributed by atoms with E-state index in [4.69, 9.17) is 0 Å². The minimum absolute atomic E-state index is 0.0192. The number of benzene rings is 1. The van der Waals surface area contributed by atoms with E-state index in [1.807, 2.05) is 33.0 Å². The Morgan fingerprint density at radius 2 is 2.04 bits per heavy atom. The van der Waals surface area contributed by atoms with Crippen molar-refractivity contribution < 1.29 is 4.79 Å². The van der Waals surface area contributed by atoms with Gasteiger partial charge >= 0.3 is 0 Å². The number of carbonyl (C=O) groups is 1. The molecule has 0 spiro atoms. The normalized spacial score (nSPS) is 11.3. The van der Waals surface area contributed by atoms with Gasteiger partial charge < -0.3 is 9.88 Å². The van der Waals surface area contributed by atoms with Crippen LogP contribution in [0.15, 0.2) is 36.5 Å². The molecule has 0 bridgehead atoms. The van der Waals surface area contributed by atoms with E-state index in [2.05, 4.69) is 29.1 Å². The number of aryl methyl sites for hydroxylation is 1. The SMILES string of the molecule is Cc1c(CN(C)C(=O)c2ccnn2C(C)C)[nH]c2ccccc12. The monoisotopic (exact) mass is 310 g/mol. The number of fused-ring (bicyclic) bond motifs is 1. The third-order valence-electron chi connectivity index (χ3n) is 4.19. The Morgan fingerprint density at radius 1 is 1.30 bits per heavy atom. The second kappa shape index (κ2) is 5.91. The number of amides is 1. The fourth-order valence-electron chi connectivity index (χ4n) is 2.90. The third-order valence-corrected chi connectivity index (χ3v) is 4.19. The summed E-state index contributed by atoms with van der Waals surface area (Å²) in [5, 5.41) is 5.44. The van der Waals surface area contributed by atoms with Gasteiger partial charge in [-0.05, 0) is 38.5 Å². The summed E-state index contributed by atoms with van der Waals surface area (Å²) in [5.41, 5.74) is 3.99. The fourth-order valence-corrected chi connectivity index (χ4v) is 2.90. The molecule has 1 aromatic carbocycles. The lowest BCUT2D eigenvalue weighted by molar-refractivity contribution is 0.0769. The first-order valence-corrected chi connectivity index (χ1v) is 7.84. The van der Waals surface area contributed by atoms with Gasteiger partial charge in [-0.1, -0.05) is 18.2 Å². The Morgan fingerprint density at radius 3 is 2.74 bits per heavy atom. The number of H-pyrrole nitrogens is 1. The van der Waals surface area contributed by atoms with Crippen LogP contribution in [0.4, 0.5) is 0 Å². The van der Waals surface area contributed by atoms with Crippen LogP contribution < -0.4 is 0 Å². The molecule has 5 nitrogen and oxygen atoms in total. The molecule has 0 unspecified atom stereocenters. The van der Waals surface area contributed by atoms with E-state index in [0.29, 0.717) is 12.2 Å². The van der Waals surface area contributed by atoms with Gasteiger partial charge in [-0.15, -0.1) is 0 Å². The molecule has 0 aliphatic heterocycles. The first-order chi connectivity index (χ1) is 11.0. The zero-order chi connectivity index (χ0) is 16.6. The van der Waals surface area contributed by atoms with E-state index >= 15 is 0 Å². The van der Waals surface area contributed by atoms with Gasteiger partial charge in [0, 0.05) is 35.9 Å². The largest absolute Gasteiger partial charge is 0.357 e. The lowest BCUT2D eigenvalue weighted by Crippen LogP contribution is -2.29. The summed E-state index contributed by atoms with van der Waals surface area (Å²) in [6.07, 6.45) is 1.68. The summed E-state index contributed by atoms with van der Waals surface area (Å²) in [6.45, 7) is 6.67. The number of nitrogens with zero attached hydrogens (tertiary/aromatic N) is 3. The predicted molar refractivity (Wildman–Crippen MR) is 91.4 cm³/mol. The van der Waals surface area contributed by atoms with Crippen LogP contribution in [-0.4, -0.2) is 32.6 Å². The molecular weight excluding hydrogens is 288 g/mol. The van der Waals surface area contributed by atoms with Crippen molar-refractivity contribution >= 4 is 16.8 Å². The molecule has 0 atom stereocenters. The molecule has 2 aromatic heterocycles. The van der Waals surface area contributed by atoms with Crippen molar-refractivity contribution in [3.63, 3.8) is 0 Å². The zero-order valence-corrected chi connectivity index (χ0v) is 14.0. The molecule has 1 N–H and O–H groups in total. The number of hydrogen-bond acceptors (Lipinski definition) is 2. The minimum Gasteiger partial charge on any atom is -0.357 e. The van der Waals surface area contributed by atoms with Gasteiger partial charge in [0.2, 0.25) is 0 Å². The van der Waals surface area contributed by atoms with Gasteiger partial charge in [0.1, 0.15) is 5.69 Å². The molecule has 3 aromatic rings. The standard InChI is InChI=1S/C18H22N4O/c1-12(2)22-17(9-10-19-22)18(23)21(4)11-16-13(3)14-7-5-6-8-15(14)20-16/h5-10,12,20H,11H2,1-4H3. The maximum absolute atomic E-state index is 12.7.